The molecule has 1 aromatic heterocycles. The lowest BCUT2D eigenvalue weighted by Crippen LogP contribution is -2.21. The lowest BCUT2D eigenvalue weighted by molar-refractivity contribution is 0.605. The average Bonchev–Trinajstić information content (AvgIpc) is 2.73. The quantitative estimate of drug-likeness (QED) is 0.812. The van der Waals surface area contributed by atoms with E-state index in [1.165, 1.54) is 5.41 Å². The van der Waals surface area contributed by atoms with Gasteiger partial charge in [-0.1, -0.05) is 6.08 Å². The van der Waals surface area contributed by atoms with E-state index < -0.39 is 9.84 Å². The Hall–Kier alpha value is -2.08. The van der Waals surface area contributed by atoms with Crippen LogP contribution in [0.1, 0.15) is 0 Å². The van der Waals surface area contributed by atoms with Crippen LogP contribution in [0.3, 0.4) is 0 Å². The summed E-state index contributed by atoms with van der Waals surface area (Å²) in [4.78, 5) is 4.30. The molecule has 0 amide bonds. The highest BCUT2D eigenvalue weighted by molar-refractivity contribution is 7.94. The van der Waals surface area contributed by atoms with Crippen LogP contribution in [0.4, 0.5) is 11.4 Å². The summed E-state index contributed by atoms with van der Waals surface area (Å²) in [6.07, 6.45) is 3.34. The van der Waals surface area contributed by atoms with Crippen molar-refractivity contribution in [1.82, 2.24) is 4.98 Å². The van der Waals surface area contributed by atoms with E-state index in [1.807, 2.05) is 18.2 Å². The van der Waals surface area contributed by atoms with Crippen LogP contribution in [0.15, 0.2) is 41.9 Å². The minimum Gasteiger partial charge on any atom is -0.398 e. The molecule has 5 nitrogen and oxygen atoms in total. The lowest BCUT2D eigenvalue weighted by Gasteiger charge is -2.14. The van der Waals surface area contributed by atoms with E-state index >= 15 is 0 Å². The molecular formula is C13H13N3O2S. The van der Waals surface area contributed by atoms with Gasteiger partial charge in [0, 0.05) is 22.7 Å². The summed E-state index contributed by atoms with van der Waals surface area (Å²) in [5, 5.41) is 5.29. The Balaban J connectivity index is 1.99. The molecule has 3 rings (SSSR count). The highest BCUT2D eigenvalue weighted by Gasteiger charge is 2.22. The third-order valence-corrected chi connectivity index (χ3v) is 4.47. The first-order valence-electron chi connectivity index (χ1n) is 5.86. The molecule has 0 aliphatic carbocycles. The number of sulfone groups is 1. The Morgan fingerprint density at radius 2 is 2.16 bits per heavy atom. The molecule has 0 spiro atoms. The van der Waals surface area contributed by atoms with Crippen LogP contribution in [0.2, 0.25) is 0 Å². The molecule has 0 saturated carbocycles. The maximum absolute atomic E-state index is 11.4. The van der Waals surface area contributed by atoms with Gasteiger partial charge < -0.3 is 11.1 Å². The zero-order valence-electron chi connectivity index (χ0n) is 10.1. The molecule has 0 saturated heterocycles. The molecule has 2 aromatic rings. The molecule has 1 aliphatic rings. The monoisotopic (exact) mass is 275 g/mol. The van der Waals surface area contributed by atoms with Crippen LogP contribution < -0.4 is 11.1 Å². The zero-order valence-corrected chi connectivity index (χ0v) is 10.9. The van der Waals surface area contributed by atoms with Crippen molar-refractivity contribution in [2.24, 2.45) is 0 Å². The van der Waals surface area contributed by atoms with Crippen molar-refractivity contribution in [3.63, 3.8) is 0 Å². The van der Waals surface area contributed by atoms with Crippen molar-refractivity contribution in [2.75, 3.05) is 16.8 Å². The first-order chi connectivity index (χ1) is 9.05. The number of fused-ring (bicyclic) bond motifs is 1. The van der Waals surface area contributed by atoms with Crippen LogP contribution in [0.25, 0.3) is 10.9 Å². The third kappa shape index (κ3) is 2.26. The fourth-order valence-electron chi connectivity index (χ4n) is 2.18. The number of rotatable bonds is 2. The maximum atomic E-state index is 11.4. The van der Waals surface area contributed by atoms with Crippen LogP contribution >= 0.6 is 0 Å². The number of benzene rings is 1. The normalized spacial score (nSPS) is 20.7. The fourth-order valence-corrected chi connectivity index (χ4v) is 3.41. The second kappa shape index (κ2) is 4.24. The van der Waals surface area contributed by atoms with Gasteiger partial charge in [0.05, 0.1) is 23.0 Å². The van der Waals surface area contributed by atoms with Crippen LogP contribution in [-0.2, 0) is 9.84 Å². The van der Waals surface area contributed by atoms with Gasteiger partial charge in [0.1, 0.15) is 0 Å². The van der Waals surface area contributed by atoms with Gasteiger partial charge in [0.2, 0.25) is 0 Å². The van der Waals surface area contributed by atoms with Crippen molar-refractivity contribution >= 4 is 32.1 Å². The summed E-state index contributed by atoms with van der Waals surface area (Å²) in [7, 11) is -3.07. The number of nitrogens with zero attached hydrogens (tertiary/aromatic N) is 1. The fraction of sp³-hybridized carbons (Fsp3) is 0.154. The van der Waals surface area contributed by atoms with Gasteiger partial charge in [0.15, 0.2) is 9.84 Å². The summed E-state index contributed by atoms with van der Waals surface area (Å²) < 4.78 is 22.8. The van der Waals surface area contributed by atoms with Crippen molar-refractivity contribution in [3.8, 4) is 0 Å². The zero-order chi connectivity index (χ0) is 13.5. The summed E-state index contributed by atoms with van der Waals surface area (Å²) in [6, 6.07) is 7.11. The smallest absolute Gasteiger partial charge is 0.173 e. The van der Waals surface area contributed by atoms with Gasteiger partial charge in [-0.05, 0) is 24.3 Å². The summed E-state index contributed by atoms with van der Waals surface area (Å²) in [6.45, 7) is 0. The van der Waals surface area contributed by atoms with Crippen molar-refractivity contribution < 1.29 is 8.42 Å². The summed E-state index contributed by atoms with van der Waals surface area (Å²) in [5.41, 5.74) is 8.09. The lowest BCUT2D eigenvalue weighted by atomic mass is 10.1. The van der Waals surface area contributed by atoms with Crippen LogP contribution in [0, 0.1) is 0 Å². The van der Waals surface area contributed by atoms with Crippen LogP contribution in [-0.4, -0.2) is 25.2 Å². The Labute approximate surface area is 111 Å². The van der Waals surface area contributed by atoms with Crippen molar-refractivity contribution in [2.45, 2.75) is 6.04 Å². The molecule has 98 valence electrons. The highest BCUT2D eigenvalue weighted by Crippen LogP contribution is 2.27. The largest absolute Gasteiger partial charge is 0.398 e. The molecule has 0 bridgehead atoms. The Kier molecular flexibility index (Phi) is 2.67. The molecule has 1 unspecified atom stereocenters. The molecule has 1 aromatic carbocycles. The Morgan fingerprint density at radius 1 is 1.32 bits per heavy atom. The number of nitrogens with two attached hydrogens (primary N) is 1. The van der Waals surface area contributed by atoms with E-state index in [9.17, 15) is 8.42 Å². The molecule has 3 N–H and O–H groups in total. The predicted molar refractivity (Wildman–Crippen MR) is 76.5 cm³/mol. The van der Waals surface area contributed by atoms with Crippen molar-refractivity contribution in [1.29, 1.82) is 0 Å². The molecule has 1 atom stereocenters. The number of nitrogen functional groups attached to an aromatic ring is 1. The third-order valence-electron chi connectivity index (χ3n) is 3.07. The maximum Gasteiger partial charge on any atom is 0.173 e. The number of nitrogens with one attached hydrogen (secondary N) is 1. The van der Waals surface area contributed by atoms with Gasteiger partial charge >= 0.3 is 0 Å². The Morgan fingerprint density at radius 3 is 2.89 bits per heavy atom. The first-order valence-corrected chi connectivity index (χ1v) is 7.57. The molecule has 1 aliphatic heterocycles. The molecule has 2 heterocycles. The van der Waals surface area contributed by atoms with Gasteiger partial charge in [-0.2, -0.15) is 0 Å². The van der Waals surface area contributed by atoms with Gasteiger partial charge in [-0.25, -0.2) is 8.42 Å². The molecule has 0 radical (unpaired) electrons. The SMILES string of the molecule is Nc1ccc(NC2C=CS(=O)(=O)C2)c2ncccc12. The van der Waals surface area contributed by atoms with E-state index in [0.29, 0.717) is 5.69 Å². The second-order valence-corrected chi connectivity index (χ2v) is 6.44. The standard InChI is InChI=1S/C13H13N3O2S/c14-11-3-4-12(13-10(11)2-1-6-15-13)16-9-5-7-19(17,18)8-9/h1-7,9,16H,8,14H2. The van der Waals surface area contributed by atoms with E-state index in [4.69, 9.17) is 5.73 Å². The summed E-state index contributed by atoms with van der Waals surface area (Å²) in [5.74, 6) is 0.0751. The van der Waals surface area contributed by atoms with Crippen molar-refractivity contribution in [3.05, 3.63) is 41.9 Å². The van der Waals surface area contributed by atoms with E-state index in [1.54, 1.807) is 18.3 Å². The minimum atomic E-state index is -3.07. The van der Waals surface area contributed by atoms with Crippen LogP contribution in [0.5, 0.6) is 0 Å². The molecule has 19 heavy (non-hydrogen) atoms. The van der Waals surface area contributed by atoms with E-state index in [2.05, 4.69) is 10.3 Å². The molecule has 6 heteroatoms. The Bertz CT molecular complexity index is 769. The number of hydrogen-bond donors (Lipinski definition) is 2. The topological polar surface area (TPSA) is 85.1 Å². The van der Waals surface area contributed by atoms with Gasteiger partial charge in [-0.15, -0.1) is 0 Å². The molecular weight excluding hydrogens is 262 g/mol. The molecule has 0 fully saturated rings. The minimum absolute atomic E-state index is 0.0751. The predicted octanol–water partition coefficient (Wildman–Crippen LogP) is 1.54. The second-order valence-electron chi connectivity index (χ2n) is 4.51. The number of pyridine rings is 1. The van der Waals surface area contributed by atoms with Gasteiger partial charge in [-0.3, -0.25) is 4.98 Å². The highest BCUT2D eigenvalue weighted by atomic mass is 32.2. The number of aromatic nitrogens is 1. The number of anilines is 2. The van der Waals surface area contributed by atoms with E-state index in [0.717, 1.165) is 16.6 Å². The first kappa shape index (κ1) is 12.0. The average molecular weight is 275 g/mol. The van der Waals surface area contributed by atoms with E-state index in [-0.39, 0.29) is 11.8 Å². The summed E-state index contributed by atoms with van der Waals surface area (Å²) >= 11 is 0. The van der Waals surface area contributed by atoms with Gasteiger partial charge in [0.25, 0.3) is 0 Å². The number of hydrogen-bond acceptors (Lipinski definition) is 5.